The van der Waals surface area contributed by atoms with Crippen molar-refractivity contribution in [2.45, 2.75) is 25.7 Å². The SMILES string of the molecule is Cc1ccc(N(CC(=O)Nc2ccccc2C(=O)NCC(C)C)S(=O)(=O)c2ccccc2)cc1. The van der Waals surface area contributed by atoms with Gasteiger partial charge in [0.2, 0.25) is 5.91 Å². The lowest BCUT2D eigenvalue weighted by atomic mass is 10.1. The van der Waals surface area contributed by atoms with Crippen LogP contribution in [-0.2, 0) is 14.8 Å². The molecule has 2 N–H and O–H groups in total. The maximum Gasteiger partial charge on any atom is 0.264 e. The number of carbonyl (C=O) groups is 2. The van der Waals surface area contributed by atoms with Crippen LogP contribution in [0.4, 0.5) is 11.4 Å². The van der Waals surface area contributed by atoms with E-state index in [4.69, 9.17) is 0 Å². The van der Waals surface area contributed by atoms with Crippen LogP contribution < -0.4 is 14.9 Å². The molecule has 0 unspecified atom stereocenters. The smallest absolute Gasteiger partial charge is 0.264 e. The number of nitrogens with zero attached hydrogens (tertiary/aromatic N) is 1. The van der Waals surface area contributed by atoms with Gasteiger partial charge in [0.25, 0.3) is 15.9 Å². The summed E-state index contributed by atoms with van der Waals surface area (Å²) in [6.07, 6.45) is 0. The van der Waals surface area contributed by atoms with Gasteiger partial charge >= 0.3 is 0 Å². The number of carbonyl (C=O) groups excluding carboxylic acids is 2. The van der Waals surface area contributed by atoms with E-state index in [9.17, 15) is 18.0 Å². The molecule has 0 radical (unpaired) electrons. The number of hydrogen-bond acceptors (Lipinski definition) is 4. The van der Waals surface area contributed by atoms with Crippen molar-refractivity contribution >= 4 is 33.2 Å². The maximum atomic E-state index is 13.4. The van der Waals surface area contributed by atoms with Gasteiger partial charge in [-0.3, -0.25) is 13.9 Å². The molecule has 0 aromatic heterocycles. The van der Waals surface area contributed by atoms with Gasteiger partial charge in [0.15, 0.2) is 0 Å². The van der Waals surface area contributed by atoms with E-state index in [0.717, 1.165) is 9.87 Å². The molecule has 3 aromatic carbocycles. The molecule has 34 heavy (non-hydrogen) atoms. The largest absolute Gasteiger partial charge is 0.352 e. The minimum Gasteiger partial charge on any atom is -0.352 e. The van der Waals surface area contributed by atoms with Crippen molar-refractivity contribution in [1.82, 2.24) is 5.32 Å². The van der Waals surface area contributed by atoms with Crippen molar-refractivity contribution in [3.63, 3.8) is 0 Å². The molecule has 0 spiro atoms. The first-order valence-corrected chi connectivity index (χ1v) is 12.4. The molecular weight excluding hydrogens is 450 g/mol. The van der Waals surface area contributed by atoms with Crippen LogP contribution in [0.2, 0.25) is 0 Å². The summed E-state index contributed by atoms with van der Waals surface area (Å²) in [4.78, 5) is 25.7. The van der Waals surface area contributed by atoms with Crippen molar-refractivity contribution in [3.05, 3.63) is 90.0 Å². The predicted molar refractivity (Wildman–Crippen MR) is 134 cm³/mol. The first-order valence-electron chi connectivity index (χ1n) is 11.0. The van der Waals surface area contributed by atoms with Gasteiger partial charge in [-0.15, -0.1) is 0 Å². The lowest BCUT2D eigenvalue weighted by Crippen LogP contribution is -2.38. The maximum absolute atomic E-state index is 13.4. The van der Waals surface area contributed by atoms with E-state index in [1.54, 1.807) is 66.7 Å². The number of hydrogen-bond donors (Lipinski definition) is 2. The Bertz CT molecular complexity index is 1240. The second-order valence-electron chi connectivity index (χ2n) is 8.36. The zero-order valence-corrected chi connectivity index (χ0v) is 20.3. The molecule has 7 nitrogen and oxygen atoms in total. The number of rotatable bonds is 9. The van der Waals surface area contributed by atoms with Gasteiger partial charge in [0.1, 0.15) is 6.54 Å². The monoisotopic (exact) mass is 479 g/mol. The number of anilines is 2. The highest BCUT2D eigenvalue weighted by atomic mass is 32.2. The van der Waals surface area contributed by atoms with Crippen molar-refractivity contribution in [1.29, 1.82) is 0 Å². The first kappa shape index (κ1) is 25.0. The fourth-order valence-corrected chi connectivity index (χ4v) is 4.69. The molecule has 0 aliphatic rings. The van der Waals surface area contributed by atoms with Crippen LogP contribution in [0.15, 0.2) is 83.8 Å². The fourth-order valence-electron chi connectivity index (χ4n) is 3.25. The van der Waals surface area contributed by atoms with E-state index < -0.39 is 22.5 Å². The number of nitrogens with one attached hydrogen (secondary N) is 2. The lowest BCUT2D eigenvalue weighted by Gasteiger charge is -2.24. The van der Waals surface area contributed by atoms with E-state index in [0.29, 0.717) is 23.5 Å². The third-order valence-electron chi connectivity index (χ3n) is 5.06. The van der Waals surface area contributed by atoms with Gasteiger partial charge in [0.05, 0.1) is 21.8 Å². The van der Waals surface area contributed by atoms with Crippen LogP contribution >= 0.6 is 0 Å². The second kappa shape index (κ2) is 11.0. The zero-order valence-electron chi connectivity index (χ0n) is 19.5. The van der Waals surface area contributed by atoms with Crippen molar-refractivity contribution < 1.29 is 18.0 Å². The fraction of sp³-hybridized carbons (Fsp3) is 0.231. The normalized spacial score (nSPS) is 11.2. The Morgan fingerprint density at radius 1 is 0.882 bits per heavy atom. The highest BCUT2D eigenvalue weighted by Crippen LogP contribution is 2.24. The molecule has 0 fully saturated rings. The van der Waals surface area contributed by atoms with E-state index in [1.165, 1.54) is 12.1 Å². The molecule has 178 valence electrons. The molecule has 3 rings (SSSR count). The Kier molecular flexibility index (Phi) is 8.07. The summed E-state index contributed by atoms with van der Waals surface area (Å²) in [6.45, 7) is 5.91. The van der Waals surface area contributed by atoms with Crippen LogP contribution in [0.3, 0.4) is 0 Å². The summed E-state index contributed by atoms with van der Waals surface area (Å²) in [6, 6.07) is 21.5. The number of benzene rings is 3. The number of para-hydroxylation sites is 1. The van der Waals surface area contributed by atoms with Gasteiger partial charge in [0, 0.05) is 6.54 Å². The molecule has 0 saturated carbocycles. The summed E-state index contributed by atoms with van der Waals surface area (Å²) < 4.78 is 27.9. The van der Waals surface area contributed by atoms with Crippen LogP contribution in [0.5, 0.6) is 0 Å². The predicted octanol–water partition coefficient (Wildman–Crippen LogP) is 4.21. The number of amides is 2. The third-order valence-corrected chi connectivity index (χ3v) is 6.85. The van der Waals surface area contributed by atoms with Crippen LogP contribution in [0.1, 0.15) is 29.8 Å². The highest BCUT2D eigenvalue weighted by molar-refractivity contribution is 7.92. The van der Waals surface area contributed by atoms with Crippen molar-refractivity contribution in [2.75, 3.05) is 22.7 Å². The van der Waals surface area contributed by atoms with E-state index >= 15 is 0 Å². The first-order chi connectivity index (χ1) is 16.2. The Morgan fingerprint density at radius 3 is 2.15 bits per heavy atom. The quantitative estimate of drug-likeness (QED) is 0.480. The van der Waals surface area contributed by atoms with E-state index in [-0.39, 0.29) is 16.7 Å². The molecule has 0 heterocycles. The van der Waals surface area contributed by atoms with Crippen LogP contribution in [0, 0.1) is 12.8 Å². The van der Waals surface area contributed by atoms with Gasteiger partial charge in [-0.2, -0.15) is 0 Å². The second-order valence-corrected chi connectivity index (χ2v) is 10.2. The van der Waals surface area contributed by atoms with Gasteiger partial charge in [-0.1, -0.05) is 61.9 Å². The molecular formula is C26H29N3O4S. The molecule has 0 aliphatic carbocycles. The third kappa shape index (κ3) is 6.23. The lowest BCUT2D eigenvalue weighted by molar-refractivity contribution is -0.114. The highest BCUT2D eigenvalue weighted by Gasteiger charge is 2.27. The number of sulfonamides is 1. The average Bonchev–Trinajstić information content (AvgIpc) is 2.82. The average molecular weight is 480 g/mol. The Balaban J connectivity index is 1.88. The summed E-state index contributed by atoms with van der Waals surface area (Å²) >= 11 is 0. The topological polar surface area (TPSA) is 95.6 Å². The molecule has 3 aromatic rings. The summed E-state index contributed by atoms with van der Waals surface area (Å²) in [5.41, 5.74) is 1.96. The Morgan fingerprint density at radius 2 is 1.50 bits per heavy atom. The minimum absolute atomic E-state index is 0.0804. The van der Waals surface area contributed by atoms with Gasteiger partial charge in [-0.05, 0) is 49.2 Å². The molecule has 2 amide bonds. The van der Waals surface area contributed by atoms with E-state index in [1.807, 2.05) is 20.8 Å². The molecule has 0 saturated heterocycles. The van der Waals surface area contributed by atoms with Crippen LogP contribution in [-0.4, -0.2) is 33.3 Å². The van der Waals surface area contributed by atoms with Gasteiger partial charge in [-0.25, -0.2) is 8.42 Å². The molecule has 8 heteroatoms. The number of aryl methyl sites for hydroxylation is 1. The summed E-state index contributed by atoms with van der Waals surface area (Å²) in [5, 5.41) is 5.54. The summed E-state index contributed by atoms with van der Waals surface area (Å²) in [7, 11) is -4.01. The molecule has 0 aliphatic heterocycles. The minimum atomic E-state index is -4.01. The van der Waals surface area contributed by atoms with E-state index in [2.05, 4.69) is 10.6 Å². The zero-order chi connectivity index (χ0) is 24.7. The van der Waals surface area contributed by atoms with Crippen molar-refractivity contribution in [2.24, 2.45) is 5.92 Å². The molecule has 0 bridgehead atoms. The Labute approximate surface area is 200 Å². The van der Waals surface area contributed by atoms with Crippen molar-refractivity contribution in [3.8, 4) is 0 Å². The van der Waals surface area contributed by atoms with Gasteiger partial charge < -0.3 is 10.6 Å². The standard InChI is InChI=1S/C26H29N3O4S/c1-19(2)17-27-26(31)23-11-7-8-12-24(23)28-25(30)18-29(21-15-13-20(3)14-16-21)34(32,33)22-9-5-4-6-10-22/h4-16,19H,17-18H2,1-3H3,(H,27,31)(H,28,30). The molecule has 0 atom stereocenters. The Hall–Kier alpha value is -3.65. The van der Waals surface area contributed by atoms with Crippen LogP contribution in [0.25, 0.3) is 0 Å². The summed E-state index contributed by atoms with van der Waals surface area (Å²) in [5.74, 6) is -0.599.